The van der Waals surface area contributed by atoms with Crippen LogP contribution in [0.5, 0.6) is 5.75 Å². The van der Waals surface area contributed by atoms with Crippen LogP contribution in [-0.2, 0) is 14.9 Å². The smallest absolute Gasteiger partial charge is 0.282 e. The average molecular weight is 354 g/mol. The highest BCUT2D eigenvalue weighted by molar-refractivity contribution is 7.86. The van der Waals surface area contributed by atoms with Crippen LogP contribution < -0.4 is 4.74 Å². The summed E-state index contributed by atoms with van der Waals surface area (Å²) in [5, 5.41) is 0. The van der Waals surface area contributed by atoms with Crippen molar-refractivity contribution in [2.45, 2.75) is 44.9 Å². The van der Waals surface area contributed by atoms with E-state index in [-0.39, 0.29) is 18.2 Å². The summed E-state index contributed by atoms with van der Waals surface area (Å²) >= 11 is 0. The van der Waals surface area contributed by atoms with Crippen molar-refractivity contribution in [2.75, 3.05) is 26.7 Å². The Morgan fingerprint density at radius 1 is 1.21 bits per heavy atom. The number of benzene rings is 1. The molecule has 0 aliphatic carbocycles. The molecule has 0 aromatic heterocycles. The highest BCUT2D eigenvalue weighted by Gasteiger charge is 2.41. The van der Waals surface area contributed by atoms with Crippen molar-refractivity contribution in [3.63, 3.8) is 0 Å². The zero-order valence-corrected chi connectivity index (χ0v) is 15.3. The van der Waals surface area contributed by atoms with Crippen molar-refractivity contribution in [1.82, 2.24) is 8.61 Å². The van der Waals surface area contributed by atoms with Gasteiger partial charge in [0.15, 0.2) is 0 Å². The molecule has 0 spiro atoms. The molecule has 2 aliphatic heterocycles. The van der Waals surface area contributed by atoms with E-state index in [1.807, 2.05) is 38.1 Å². The molecule has 6 nitrogen and oxygen atoms in total. The molecule has 2 aliphatic rings. The van der Waals surface area contributed by atoms with Gasteiger partial charge in [0.05, 0.1) is 25.4 Å². The van der Waals surface area contributed by atoms with Crippen LogP contribution in [-0.4, -0.2) is 56.0 Å². The standard InChI is InChI=1S/C17H26N2O4S/c1-13-11-18(12-14(2)23-13)24(20,21)19-9-5-8-17(19)15-6-4-7-16(10-15)22-3/h4,6-7,10,13-14,17H,5,8-9,11-12H2,1-3H3. The Bertz CT molecular complexity index is 669. The van der Waals surface area contributed by atoms with Crippen molar-refractivity contribution in [3.05, 3.63) is 29.8 Å². The molecule has 2 saturated heterocycles. The summed E-state index contributed by atoms with van der Waals surface area (Å²) in [6.07, 6.45) is 1.54. The van der Waals surface area contributed by atoms with Gasteiger partial charge in [0.1, 0.15) is 5.75 Å². The number of ether oxygens (including phenoxy) is 2. The summed E-state index contributed by atoms with van der Waals surface area (Å²) in [7, 11) is -1.87. The minimum Gasteiger partial charge on any atom is -0.497 e. The van der Waals surface area contributed by atoms with E-state index < -0.39 is 10.2 Å². The van der Waals surface area contributed by atoms with E-state index >= 15 is 0 Å². The zero-order valence-electron chi connectivity index (χ0n) is 14.5. The lowest BCUT2D eigenvalue weighted by Gasteiger charge is -2.38. The third-order valence-corrected chi connectivity index (χ3v) is 6.67. The molecular weight excluding hydrogens is 328 g/mol. The van der Waals surface area contributed by atoms with Gasteiger partial charge in [-0.1, -0.05) is 12.1 Å². The maximum absolute atomic E-state index is 13.2. The average Bonchev–Trinajstić information content (AvgIpc) is 3.04. The van der Waals surface area contributed by atoms with Gasteiger partial charge < -0.3 is 9.47 Å². The summed E-state index contributed by atoms with van der Waals surface area (Å²) in [4.78, 5) is 0. The number of hydrogen-bond donors (Lipinski definition) is 0. The van der Waals surface area contributed by atoms with Gasteiger partial charge in [-0.05, 0) is 44.4 Å². The Kier molecular flexibility index (Phi) is 5.15. The molecule has 2 heterocycles. The predicted octanol–water partition coefficient (Wildman–Crippen LogP) is 2.19. The van der Waals surface area contributed by atoms with Gasteiger partial charge in [-0.2, -0.15) is 17.0 Å². The molecule has 1 aromatic rings. The molecule has 3 atom stereocenters. The molecule has 0 bridgehead atoms. The fraction of sp³-hybridized carbons (Fsp3) is 0.647. The third-order valence-electron chi connectivity index (χ3n) is 4.69. The highest BCUT2D eigenvalue weighted by Crippen LogP contribution is 2.37. The van der Waals surface area contributed by atoms with Crippen LogP contribution in [0.1, 0.15) is 38.3 Å². The first kappa shape index (κ1) is 17.7. The minimum absolute atomic E-state index is 0.0820. The van der Waals surface area contributed by atoms with Crippen molar-refractivity contribution in [3.8, 4) is 5.75 Å². The van der Waals surface area contributed by atoms with E-state index in [1.165, 1.54) is 0 Å². The minimum atomic E-state index is -3.50. The summed E-state index contributed by atoms with van der Waals surface area (Å²) in [5.41, 5.74) is 0.991. The summed E-state index contributed by atoms with van der Waals surface area (Å²) in [6.45, 7) is 5.22. The first-order valence-electron chi connectivity index (χ1n) is 8.48. The van der Waals surface area contributed by atoms with E-state index in [1.54, 1.807) is 15.7 Å². The molecule has 0 saturated carbocycles. The largest absolute Gasteiger partial charge is 0.497 e. The van der Waals surface area contributed by atoms with E-state index in [0.29, 0.717) is 19.6 Å². The fourth-order valence-corrected chi connectivity index (χ4v) is 5.67. The lowest BCUT2D eigenvalue weighted by atomic mass is 10.1. The van der Waals surface area contributed by atoms with E-state index in [4.69, 9.17) is 9.47 Å². The third kappa shape index (κ3) is 3.44. The van der Waals surface area contributed by atoms with Gasteiger partial charge in [-0.3, -0.25) is 0 Å². The van der Waals surface area contributed by atoms with Gasteiger partial charge in [0.25, 0.3) is 10.2 Å². The van der Waals surface area contributed by atoms with Crippen LogP contribution in [0.4, 0.5) is 0 Å². The number of rotatable bonds is 4. The van der Waals surface area contributed by atoms with Crippen LogP contribution in [0.2, 0.25) is 0 Å². The van der Waals surface area contributed by atoms with Gasteiger partial charge >= 0.3 is 0 Å². The van der Waals surface area contributed by atoms with Crippen molar-refractivity contribution in [1.29, 1.82) is 0 Å². The molecule has 134 valence electrons. The second kappa shape index (κ2) is 7.00. The lowest BCUT2D eigenvalue weighted by Crippen LogP contribution is -2.52. The zero-order chi connectivity index (χ0) is 17.3. The Morgan fingerprint density at radius 2 is 1.92 bits per heavy atom. The van der Waals surface area contributed by atoms with Gasteiger partial charge in [0, 0.05) is 19.6 Å². The van der Waals surface area contributed by atoms with Gasteiger partial charge in [0.2, 0.25) is 0 Å². The van der Waals surface area contributed by atoms with Crippen LogP contribution in [0, 0.1) is 0 Å². The second-order valence-corrected chi connectivity index (χ2v) is 8.51. The quantitative estimate of drug-likeness (QED) is 0.832. The van der Waals surface area contributed by atoms with Crippen LogP contribution in [0.3, 0.4) is 0 Å². The first-order chi connectivity index (χ1) is 11.4. The molecule has 3 rings (SSSR count). The Hall–Kier alpha value is -1.15. The Morgan fingerprint density at radius 3 is 2.58 bits per heavy atom. The van der Waals surface area contributed by atoms with Crippen LogP contribution >= 0.6 is 0 Å². The molecule has 0 N–H and O–H groups in total. The first-order valence-corrected chi connectivity index (χ1v) is 9.88. The maximum atomic E-state index is 13.2. The Labute approximate surface area is 144 Å². The monoisotopic (exact) mass is 354 g/mol. The van der Waals surface area contributed by atoms with Crippen LogP contribution in [0.25, 0.3) is 0 Å². The molecule has 0 radical (unpaired) electrons. The molecule has 0 amide bonds. The number of morpholine rings is 1. The molecule has 1 aromatic carbocycles. The molecule has 24 heavy (non-hydrogen) atoms. The normalized spacial score (nSPS) is 29.7. The number of hydrogen-bond acceptors (Lipinski definition) is 4. The summed E-state index contributed by atoms with van der Waals surface area (Å²) < 4.78 is 40.5. The summed E-state index contributed by atoms with van der Waals surface area (Å²) in [5.74, 6) is 0.755. The summed E-state index contributed by atoms with van der Waals surface area (Å²) in [6, 6.07) is 7.58. The highest BCUT2D eigenvalue weighted by atomic mass is 32.2. The SMILES string of the molecule is COc1cccc(C2CCCN2S(=O)(=O)N2CC(C)OC(C)C2)c1. The molecular formula is C17H26N2O4S. The molecule has 3 unspecified atom stereocenters. The predicted molar refractivity (Wildman–Crippen MR) is 92.2 cm³/mol. The van der Waals surface area contributed by atoms with Gasteiger partial charge in [-0.15, -0.1) is 0 Å². The van der Waals surface area contributed by atoms with Gasteiger partial charge in [-0.25, -0.2) is 0 Å². The van der Waals surface area contributed by atoms with Crippen LogP contribution in [0.15, 0.2) is 24.3 Å². The van der Waals surface area contributed by atoms with E-state index in [2.05, 4.69) is 0 Å². The molecule has 2 fully saturated rings. The number of nitrogens with zero attached hydrogens (tertiary/aromatic N) is 2. The van der Waals surface area contributed by atoms with Crippen molar-refractivity contribution >= 4 is 10.2 Å². The molecule has 7 heteroatoms. The van der Waals surface area contributed by atoms with E-state index in [0.717, 1.165) is 24.2 Å². The topological polar surface area (TPSA) is 59.1 Å². The van der Waals surface area contributed by atoms with Crippen molar-refractivity contribution < 1.29 is 17.9 Å². The van der Waals surface area contributed by atoms with Crippen molar-refractivity contribution in [2.24, 2.45) is 0 Å². The lowest BCUT2D eigenvalue weighted by molar-refractivity contribution is -0.0455. The van der Waals surface area contributed by atoms with E-state index in [9.17, 15) is 8.42 Å². The maximum Gasteiger partial charge on any atom is 0.282 e. The fourth-order valence-electron chi connectivity index (χ4n) is 3.67. The number of methoxy groups -OCH3 is 1. The Balaban J connectivity index is 1.86. The second-order valence-electron chi connectivity index (χ2n) is 6.63.